The Hall–Kier alpha value is -4.87. The molecule has 5 aromatic rings. The number of anilines is 3. The number of pyridine rings is 2. The highest BCUT2D eigenvalue weighted by Gasteiger charge is 2.33. The van der Waals surface area contributed by atoms with Crippen molar-refractivity contribution in [2.45, 2.75) is 13.1 Å². The number of benzene rings is 1. The number of hydrogen-bond donors (Lipinski definition) is 3. The molecule has 0 aliphatic carbocycles. The molecule has 9 nitrogen and oxygen atoms in total. The molecule has 36 heavy (non-hydrogen) atoms. The summed E-state index contributed by atoms with van der Waals surface area (Å²) in [5.74, 6) is -0.193. The van der Waals surface area contributed by atoms with Gasteiger partial charge in [-0.3, -0.25) is 9.78 Å². The maximum Gasteiger partial charge on any atom is 0.433 e. The van der Waals surface area contributed by atoms with Crippen molar-refractivity contribution in [3.63, 3.8) is 0 Å². The standard InChI is InChI=1S/C24H17F3N8O/c1-13-4-5-15(34-23(36)14-6-8-28-18(9-14)24(25,26)27)10-17(13)35-21-16(3-2-7-29-21)19-20-22(32-11-30-19)33-12-31-20/h2-12H,1H3,(H,29,35)(H,34,36)(H,30,31,32,33). The van der Waals surface area contributed by atoms with Gasteiger partial charge in [0.05, 0.1) is 6.33 Å². The van der Waals surface area contributed by atoms with E-state index in [4.69, 9.17) is 0 Å². The zero-order valence-corrected chi connectivity index (χ0v) is 18.6. The molecule has 0 bridgehead atoms. The number of aromatic amines is 1. The molecule has 0 saturated carbocycles. The van der Waals surface area contributed by atoms with Crippen LogP contribution in [0, 0.1) is 6.92 Å². The predicted molar refractivity (Wildman–Crippen MR) is 127 cm³/mol. The Morgan fingerprint density at radius 1 is 0.972 bits per heavy atom. The van der Waals surface area contributed by atoms with Crippen LogP contribution in [0.25, 0.3) is 22.4 Å². The van der Waals surface area contributed by atoms with Crippen LogP contribution in [0.2, 0.25) is 0 Å². The summed E-state index contributed by atoms with van der Waals surface area (Å²) < 4.78 is 38.9. The quantitative estimate of drug-likeness (QED) is 0.312. The van der Waals surface area contributed by atoms with Crippen molar-refractivity contribution in [2.24, 2.45) is 0 Å². The van der Waals surface area contributed by atoms with Crippen molar-refractivity contribution in [3.8, 4) is 11.3 Å². The Balaban J connectivity index is 1.43. The molecule has 0 unspecified atom stereocenters. The summed E-state index contributed by atoms with van der Waals surface area (Å²) in [5.41, 5.74) is 3.03. The van der Waals surface area contributed by atoms with Gasteiger partial charge < -0.3 is 15.6 Å². The zero-order chi connectivity index (χ0) is 25.3. The Morgan fingerprint density at radius 3 is 2.67 bits per heavy atom. The molecule has 12 heteroatoms. The summed E-state index contributed by atoms with van der Waals surface area (Å²) in [5, 5.41) is 5.89. The lowest BCUT2D eigenvalue weighted by Crippen LogP contribution is -2.15. The number of alkyl halides is 3. The van der Waals surface area contributed by atoms with Crippen LogP contribution in [0.15, 0.2) is 67.5 Å². The van der Waals surface area contributed by atoms with Gasteiger partial charge in [0.2, 0.25) is 0 Å². The largest absolute Gasteiger partial charge is 0.433 e. The minimum atomic E-state index is -4.65. The van der Waals surface area contributed by atoms with Crippen molar-refractivity contribution in [2.75, 3.05) is 10.6 Å². The van der Waals surface area contributed by atoms with E-state index in [1.807, 2.05) is 13.0 Å². The highest BCUT2D eigenvalue weighted by Crippen LogP contribution is 2.32. The van der Waals surface area contributed by atoms with Crippen LogP contribution in [0.5, 0.6) is 0 Å². The predicted octanol–water partition coefficient (Wildman–Crippen LogP) is 5.13. The topological polar surface area (TPSA) is 121 Å². The minimum absolute atomic E-state index is 0.160. The van der Waals surface area contributed by atoms with E-state index in [1.54, 1.807) is 30.5 Å². The molecule has 0 fully saturated rings. The van der Waals surface area contributed by atoms with Crippen molar-refractivity contribution in [1.82, 2.24) is 29.9 Å². The van der Waals surface area contributed by atoms with Gasteiger partial charge in [0.1, 0.15) is 29.0 Å². The summed E-state index contributed by atoms with van der Waals surface area (Å²) in [6.45, 7) is 1.87. The van der Waals surface area contributed by atoms with E-state index in [0.717, 1.165) is 11.8 Å². The van der Waals surface area contributed by atoms with Crippen LogP contribution < -0.4 is 10.6 Å². The number of fused-ring (bicyclic) bond motifs is 1. The fourth-order valence-electron chi connectivity index (χ4n) is 3.56. The van der Waals surface area contributed by atoms with Crippen LogP contribution in [0.3, 0.4) is 0 Å². The minimum Gasteiger partial charge on any atom is -0.341 e. The number of carbonyl (C=O) groups is 1. The maximum atomic E-state index is 13.0. The summed E-state index contributed by atoms with van der Waals surface area (Å²) >= 11 is 0. The van der Waals surface area contributed by atoms with Crippen molar-refractivity contribution < 1.29 is 18.0 Å². The van der Waals surface area contributed by atoms with Gasteiger partial charge in [0.25, 0.3) is 5.91 Å². The molecule has 0 saturated heterocycles. The number of imidazole rings is 1. The van der Waals surface area contributed by atoms with Gasteiger partial charge in [-0.25, -0.2) is 19.9 Å². The van der Waals surface area contributed by atoms with E-state index in [1.165, 1.54) is 18.7 Å². The second kappa shape index (κ2) is 9.06. The Morgan fingerprint density at radius 2 is 1.83 bits per heavy atom. The molecule has 0 aliphatic rings. The van der Waals surface area contributed by atoms with E-state index in [2.05, 4.69) is 40.5 Å². The summed E-state index contributed by atoms with van der Waals surface area (Å²) in [4.78, 5) is 36.1. The number of H-pyrrole nitrogens is 1. The maximum absolute atomic E-state index is 13.0. The molecule has 4 heterocycles. The molecule has 5 rings (SSSR count). The normalized spacial score (nSPS) is 11.4. The molecule has 0 aliphatic heterocycles. The number of nitrogens with one attached hydrogen (secondary N) is 3. The number of rotatable bonds is 5. The summed E-state index contributed by atoms with van der Waals surface area (Å²) in [6.07, 6.45) is 0.873. The van der Waals surface area contributed by atoms with Gasteiger partial charge in [0.15, 0.2) is 5.65 Å². The number of aromatic nitrogens is 6. The first kappa shape index (κ1) is 22.9. The summed E-state index contributed by atoms with van der Waals surface area (Å²) in [7, 11) is 0. The smallest absolute Gasteiger partial charge is 0.341 e. The van der Waals surface area contributed by atoms with Crippen LogP contribution in [0.1, 0.15) is 21.6 Å². The molecule has 3 N–H and O–H groups in total. The summed E-state index contributed by atoms with van der Waals surface area (Å²) in [6, 6.07) is 10.6. The van der Waals surface area contributed by atoms with Crippen LogP contribution in [-0.4, -0.2) is 35.8 Å². The van der Waals surface area contributed by atoms with Gasteiger partial charge in [0, 0.05) is 34.9 Å². The number of carbonyl (C=O) groups excluding carboxylic acids is 1. The Bertz CT molecular complexity index is 1580. The highest BCUT2D eigenvalue weighted by atomic mass is 19.4. The third kappa shape index (κ3) is 4.56. The molecule has 4 aromatic heterocycles. The average Bonchev–Trinajstić information content (AvgIpc) is 3.35. The lowest BCUT2D eigenvalue weighted by molar-refractivity contribution is -0.141. The fraction of sp³-hybridized carbons (Fsp3) is 0.0833. The Labute approximate surface area is 201 Å². The molecular formula is C24H17F3N8O. The van der Waals surface area contributed by atoms with E-state index in [0.29, 0.717) is 45.7 Å². The third-order valence-corrected chi connectivity index (χ3v) is 5.35. The number of halogens is 3. The van der Waals surface area contributed by atoms with Crippen LogP contribution in [0.4, 0.5) is 30.4 Å². The van der Waals surface area contributed by atoms with Crippen molar-refractivity contribution >= 4 is 34.3 Å². The molecule has 1 amide bonds. The molecular weight excluding hydrogens is 473 g/mol. The molecule has 0 spiro atoms. The van der Waals surface area contributed by atoms with Crippen LogP contribution >= 0.6 is 0 Å². The first-order chi connectivity index (χ1) is 17.3. The lowest BCUT2D eigenvalue weighted by atomic mass is 10.1. The van der Waals surface area contributed by atoms with E-state index >= 15 is 0 Å². The van der Waals surface area contributed by atoms with Gasteiger partial charge in [-0.15, -0.1) is 0 Å². The van der Waals surface area contributed by atoms with E-state index in [9.17, 15) is 18.0 Å². The van der Waals surface area contributed by atoms with Gasteiger partial charge in [-0.05, 0) is 48.9 Å². The molecule has 0 atom stereocenters. The monoisotopic (exact) mass is 490 g/mol. The molecule has 1 aromatic carbocycles. The SMILES string of the molecule is Cc1ccc(NC(=O)c2ccnc(C(F)(F)F)c2)cc1Nc1ncccc1-c1ncnc2nc[nH]c12. The van der Waals surface area contributed by atoms with Gasteiger partial charge in [-0.2, -0.15) is 13.2 Å². The van der Waals surface area contributed by atoms with Crippen molar-refractivity contribution in [3.05, 3.63) is 84.3 Å². The number of nitrogens with zero attached hydrogens (tertiary/aromatic N) is 5. The van der Waals surface area contributed by atoms with Gasteiger partial charge in [-0.1, -0.05) is 6.07 Å². The number of hydrogen-bond acceptors (Lipinski definition) is 7. The highest BCUT2D eigenvalue weighted by molar-refractivity contribution is 6.04. The number of amides is 1. The molecule has 180 valence electrons. The first-order valence-corrected chi connectivity index (χ1v) is 10.6. The zero-order valence-electron chi connectivity index (χ0n) is 18.6. The van der Waals surface area contributed by atoms with Crippen molar-refractivity contribution in [1.29, 1.82) is 0 Å². The van der Waals surface area contributed by atoms with Crippen LogP contribution in [-0.2, 0) is 6.18 Å². The molecule has 0 radical (unpaired) electrons. The lowest BCUT2D eigenvalue weighted by Gasteiger charge is -2.15. The first-order valence-electron chi connectivity index (χ1n) is 10.6. The van der Waals surface area contributed by atoms with E-state index < -0.39 is 17.8 Å². The fourth-order valence-corrected chi connectivity index (χ4v) is 3.56. The number of aryl methyl sites for hydroxylation is 1. The second-order valence-corrected chi connectivity index (χ2v) is 7.76. The van der Waals surface area contributed by atoms with E-state index in [-0.39, 0.29) is 5.56 Å². The average molecular weight is 490 g/mol. The van der Waals surface area contributed by atoms with Gasteiger partial charge >= 0.3 is 6.18 Å². The second-order valence-electron chi connectivity index (χ2n) is 7.76. The third-order valence-electron chi connectivity index (χ3n) is 5.35. The Kier molecular flexibility index (Phi) is 5.76.